The quantitative estimate of drug-likeness (QED) is 0.622. The van der Waals surface area contributed by atoms with Gasteiger partial charge in [-0.1, -0.05) is 23.7 Å². The van der Waals surface area contributed by atoms with Crippen LogP contribution in [0.15, 0.2) is 35.7 Å². The van der Waals surface area contributed by atoms with E-state index in [-0.39, 0.29) is 11.7 Å². The van der Waals surface area contributed by atoms with Crippen molar-refractivity contribution in [2.45, 2.75) is 13.0 Å². The van der Waals surface area contributed by atoms with E-state index in [1.54, 1.807) is 38.2 Å². The van der Waals surface area contributed by atoms with Gasteiger partial charge in [-0.25, -0.2) is 4.79 Å². The molecule has 0 aromatic heterocycles. The van der Waals surface area contributed by atoms with E-state index in [2.05, 4.69) is 0 Å². The number of allylic oxidation sites excluding steroid dienone is 1. The summed E-state index contributed by atoms with van der Waals surface area (Å²) in [6.07, 6.45) is 0. The number of nitrogens with zero attached hydrogens (tertiary/aromatic N) is 3. The highest BCUT2D eigenvalue weighted by molar-refractivity contribution is 6.30. The smallest absolute Gasteiger partial charge is 0.310 e. The fourth-order valence-corrected chi connectivity index (χ4v) is 2.43. The van der Waals surface area contributed by atoms with E-state index in [0.717, 1.165) is 0 Å². The Balaban J connectivity index is 2.60. The van der Waals surface area contributed by atoms with E-state index < -0.39 is 11.0 Å². The van der Waals surface area contributed by atoms with E-state index >= 15 is 0 Å². The molecule has 6 nitrogen and oxygen atoms in total. The molecule has 1 aliphatic rings. The second kappa shape index (κ2) is 5.13. The van der Waals surface area contributed by atoms with Crippen molar-refractivity contribution in [1.29, 1.82) is 0 Å². The number of likely N-dealkylation sites (N-methyl/N-ethyl adjacent to an activating group) is 1. The standard InChI is InChI=1S/C13H14ClN3O3/c1-8-11(17(19)20)12(16(3)13(18)15(8)2)9-4-6-10(14)7-5-9/h4-7,12H,1-3H3. The predicted molar refractivity (Wildman–Crippen MR) is 74.8 cm³/mol. The first kappa shape index (κ1) is 14.3. The molecule has 0 radical (unpaired) electrons. The van der Waals surface area contributed by atoms with Crippen LogP contribution in [0.1, 0.15) is 18.5 Å². The molecule has 0 saturated carbocycles. The van der Waals surface area contributed by atoms with Crippen molar-refractivity contribution in [2.24, 2.45) is 0 Å². The van der Waals surface area contributed by atoms with Gasteiger partial charge >= 0.3 is 6.03 Å². The molecule has 0 N–H and O–H groups in total. The molecule has 0 aliphatic carbocycles. The SMILES string of the molecule is CC1=C([N+](=O)[O-])C(c2ccc(Cl)cc2)N(C)C(=O)N1C. The number of rotatable bonds is 2. The molecule has 1 aliphatic heterocycles. The molecule has 0 spiro atoms. The zero-order chi connectivity index (χ0) is 15.0. The first-order valence-electron chi connectivity index (χ1n) is 5.95. The van der Waals surface area contributed by atoms with E-state index in [1.165, 1.54) is 16.8 Å². The Hall–Kier alpha value is -2.08. The summed E-state index contributed by atoms with van der Waals surface area (Å²) < 4.78 is 0. The highest BCUT2D eigenvalue weighted by atomic mass is 35.5. The topological polar surface area (TPSA) is 66.7 Å². The van der Waals surface area contributed by atoms with Gasteiger partial charge in [0.25, 0.3) is 5.70 Å². The van der Waals surface area contributed by atoms with Crippen LogP contribution in [-0.2, 0) is 0 Å². The number of nitro groups is 1. The third-order valence-electron chi connectivity index (χ3n) is 3.49. The summed E-state index contributed by atoms with van der Waals surface area (Å²) in [5.41, 5.74) is 0.999. The van der Waals surface area contributed by atoms with E-state index in [1.807, 2.05) is 0 Å². The predicted octanol–water partition coefficient (Wildman–Crippen LogP) is 2.89. The van der Waals surface area contributed by atoms with Crippen LogP contribution in [0.4, 0.5) is 4.79 Å². The summed E-state index contributed by atoms with van der Waals surface area (Å²) in [7, 11) is 3.07. The molecule has 0 fully saturated rings. The van der Waals surface area contributed by atoms with Gasteiger partial charge in [-0.3, -0.25) is 15.0 Å². The van der Waals surface area contributed by atoms with E-state index in [9.17, 15) is 14.9 Å². The zero-order valence-corrected chi connectivity index (χ0v) is 12.1. The Labute approximate surface area is 121 Å². The van der Waals surface area contributed by atoms with Gasteiger partial charge in [0.1, 0.15) is 0 Å². The molecule has 1 aromatic rings. The van der Waals surface area contributed by atoms with Crippen molar-refractivity contribution in [2.75, 3.05) is 14.1 Å². The molecule has 7 heteroatoms. The minimum atomic E-state index is -0.717. The van der Waals surface area contributed by atoms with E-state index in [0.29, 0.717) is 16.3 Å². The fourth-order valence-electron chi connectivity index (χ4n) is 2.30. The van der Waals surface area contributed by atoms with Crippen molar-refractivity contribution in [1.82, 2.24) is 9.80 Å². The first-order chi connectivity index (χ1) is 9.34. The van der Waals surface area contributed by atoms with E-state index in [4.69, 9.17) is 11.6 Å². The van der Waals surface area contributed by atoms with Crippen LogP contribution in [-0.4, -0.2) is 34.8 Å². The van der Waals surface area contributed by atoms with Gasteiger partial charge in [-0.15, -0.1) is 0 Å². The molecule has 0 bridgehead atoms. The Kier molecular flexibility index (Phi) is 3.67. The molecule has 1 atom stereocenters. The number of hydrogen-bond donors (Lipinski definition) is 0. The van der Waals surface area contributed by atoms with Crippen LogP contribution >= 0.6 is 11.6 Å². The maximum Gasteiger partial charge on any atom is 0.324 e. The summed E-state index contributed by atoms with van der Waals surface area (Å²) in [5.74, 6) is 0. The molecule has 2 rings (SSSR count). The normalized spacial score (nSPS) is 19.6. The van der Waals surface area contributed by atoms with Gasteiger partial charge in [-0.2, -0.15) is 0 Å². The van der Waals surface area contributed by atoms with Crippen molar-refractivity contribution in [3.05, 3.63) is 56.4 Å². The third-order valence-corrected chi connectivity index (χ3v) is 3.74. The molecule has 1 aromatic carbocycles. The van der Waals surface area contributed by atoms with Crippen LogP contribution in [0.3, 0.4) is 0 Å². The number of urea groups is 1. The summed E-state index contributed by atoms with van der Waals surface area (Å²) in [5, 5.41) is 11.9. The van der Waals surface area contributed by atoms with Crippen LogP contribution in [0.2, 0.25) is 5.02 Å². The Morgan fingerprint density at radius 3 is 2.30 bits per heavy atom. The van der Waals surface area contributed by atoms with Crippen LogP contribution < -0.4 is 0 Å². The largest absolute Gasteiger partial charge is 0.324 e. The van der Waals surface area contributed by atoms with Crippen LogP contribution in [0.25, 0.3) is 0 Å². The average molecular weight is 296 g/mol. The van der Waals surface area contributed by atoms with Crippen molar-refractivity contribution >= 4 is 17.6 Å². The summed E-state index contributed by atoms with van der Waals surface area (Å²) in [6, 6.07) is 5.69. The number of amides is 2. The molecule has 2 amide bonds. The molecule has 1 heterocycles. The van der Waals surface area contributed by atoms with Gasteiger partial charge in [0.15, 0.2) is 6.04 Å². The minimum absolute atomic E-state index is 0.00285. The third kappa shape index (κ3) is 2.22. The molecular formula is C13H14ClN3O3. The van der Waals surface area contributed by atoms with Crippen molar-refractivity contribution in [3.63, 3.8) is 0 Å². The van der Waals surface area contributed by atoms with Gasteiger partial charge in [-0.05, 0) is 24.6 Å². The summed E-state index contributed by atoms with van der Waals surface area (Å²) in [4.78, 5) is 25.7. The first-order valence-corrected chi connectivity index (χ1v) is 6.33. The minimum Gasteiger partial charge on any atom is -0.310 e. The van der Waals surface area contributed by atoms with Crippen LogP contribution in [0.5, 0.6) is 0 Å². The lowest BCUT2D eigenvalue weighted by Crippen LogP contribution is -2.47. The summed E-state index contributed by atoms with van der Waals surface area (Å²) in [6.45, 7) is 1.58. The highest BCUT2D eigenvalue weighted by Gasteiger charge is 2.42. The maximum absolute atomic E-state index is 12.1. The molecule has 0 saturated heterocycles. The molecule has 20 heavy (non-hydrogen) atoms. The zero-order valence-electron chi connectivity index (χ0n) is 11.3. The fraction of sp³-hybridized carbons (Fsp3) is 0.308. The molecule has 106 valence electrons. The number of carbonyl (C=O) groups excluding carboxylic acids is 1. The van der Waals surface area contributed by atoms with Gasteiger partial charge < -0.3 is 4.90 Å². The number of carbonyl (C=O) groups is 1. The lowest BCUT2D eigenvalue weighted by atomic mass is 9.99. The molecule has 1 unspecified atom stereocenters. The Morgan fingerprint density at radius 2 is 1.80 bits per heavy atom. The Morgan fingerprint density at radius 1 is 1.25 bits per heavy atom. The van der Waals surface area contributed by atoms with Gasteiger partial charge in [0.2, 0.25) is 0 Å². The second-order valence-corrected chi connectivity index (χ2v) is 5.07. The highest BCUT2D eigenvalue weighted by Crippen LogP contribution is 2.35. The number of halogens is 1. The van der Waals surface area contributed by atoms with Crippen molar-refractivity contribution < 1.29 is 9.72 Å². The van der Waals surface area contributed by atoms with Crippen LogP contribution in [0, 0.1) is 10.1 Å². The van der Waals surface area contributed by atoms with Gasteiger partial charge in [0, 0.05) is 19.1 Å². The average Bonchev–Trinajstić information content (AvgIpc) is 2.41. The summed E-state index contributed by atoms with van der Waals surface area (Å²) >= 11 is 5.83. The Bertz CT molecular complexity index is 597. The van der Waals surface area contributed by atoms with Gasteiger partial charge in [0.05, 0.1) is 10.6 Å². The lowest BCUT2D eigenvalue weighted by Gasteiger charge is -2.36. The maximum atomic E-state index is 12.1. The lowest BCUT2D eigenvalue weighted by molar-refractivity contribution is -0.436. The number of hydrogen-bond acceptors (Lipinski definition) is 3. The second-order valence-electron chi connectivity index (χ2n) is 4.63. The monoisotopic (exact) mass is 295 g/mol. The number of benzene rings is 1. The molecular weight excluding hydrogens is 282 g/mol. The van der Waals surface area contributed by atoms with Crippen molar-refractivity contribution in [3.8, 4) is 0 Å².